The zero-order valence-corrected chi connectivity index (χ0v) is 10.0. The Morgan fingerprint density at radius 1 is 1.25 bits per heavy atom. The topological polar surface area (TPSA) is 38.9 Å². The predicted molar refractivity (Wildman–Crippen MR) is 64.7 cm³/mol. The number of nitrogens with zero attached hydrogens (tertiary/aromatic N) is 1. The van der Waals surface area contributed by atoms with Gasteiger partial charge in [-0.25, -0.2) is 9.37 Å². The van der Waals surface area contributed by atoms with Crippen molar-refractivity contribution < 1.29 is 4.39 Å². The number of rotatable bonds is 2. The molecule has 0 aliphatic heterocycles. The van der Waals surface area contributed by atoms with Crippen LogP contribution in [0.5, 0.6) is 0 Å². The molecule has 0 atom stereocenters. The molecule has 2 N–H and O–H groups in total. The molecule has 0 amide bonds. The number of aromatic nitrogens is 1. The molecule has 2 nitrogen and oxygen atoms in total. The third-order valence-corrected chi connectivity index (χ3v) is 3.38. The highest BCUT2D eigenvalue weighted by Crippen LogP contribution is 2.27. The van der Waals surface area contributed by atoms with E-state index in [-0.39, 0.29) is 5.82 Å². The van der Waals surface area contributed by atoms with Crippen LogP contribution in [-0.4, -0.2) is 4.98 Å². The van der Waals surface area contributed by atoms with Crippen LogP contribution in [0.2, 0.25) is 0 Å². The van der Waals surface area contributed by atoms with Gasteiger partial charge in [-0.05, 0) is 38.1 Å². The third-order valence-electron chi connectivity index (χ3n) is 2.20. The average molecular weight is 236 g/mol. The Labute approximate surface area is 97.9 Å². The summed E-state index contributed by atoms with van der Waals surface area (Å²) in [5.41, 5.74) is 7.29. The van der Waals surface area contributed by atoms with Gasteiger partial charge < -0.3 is 5.73 Å². The summed E-state index contributed by atoms with van der Waals surface area (Å²) in [4.78, 5) is 4.45. The zero-order valence-electron chi connectivity index (χ0n) is 9.20. The Kier molecular flexibility index (Phi) is 2.78. The van der Waals surface area contributed by atoms with Crippen molar-refractivity contribution in [2.75, 3.05) is 0 Å². The van der Waals surface area contributed by atoms with Gasteiger partial charge in [0.15, 0.2) is 0 Å². The summed E-state index contributed by atoms with van der Waals surface area (Å²) in [6.45, 7) is 3.83. The van der Waals surface area contributed by atoms with Crippen LogP contribution in [0.25, 0.3) is 11.3 Å². The van der Waals surface area contributed by atoms with E-state index >= 15 is 0 Å². The highest BCUT2D eigenvalue weighted by Gasteiger charge is 2.18. The van der Waals surface area contributed by atoms with Crippen molar-refractivity contribution in [1.29, 1.82) is 0 Å². The quantitative estimate of drug-likeness (QED) is 0.870. The average Bonchev–Trinajstić information content (AvgIpc) is 2.67. The minimum atomic E-state index is -0.428. The summed E-state index contributed by atoms with van der Waals surface area (Å²) in [7, 11) is 0. The normalized spacial score (nSPS) is 11.8. The molecule has 2 aromatic rings. The lowest BCUT2D eigenvalue weighted by atomic mass is 10.1. The van der Waals surface area contributed by atoms with E-state index in [9.17, 15) is 4.39 Å². The van der Waals surface area contributed by atoms with Crippen LogP contribution in [0.15, 0.2) is 29.6 Å². The summed E-state index contributed by atoms with van der Waals surface area (Å²) in [6, 6.07) is 6.30. The van der Waals surface area contributed by atoms with Gasteiger partial charge in [-0.15, -0.1) is 11.3 Å². The Morgan fingerprint density at radius 2 is 1.88 bits per heavy atom. The molecular weight excluding hydrogens is 223 g/mol. The van der Waals surface area contributed by atoms with E-state index in [1.165, 1.54) is 23.5 Å². The Bertz CT molecular complexity index is 482. The number of thiazole rings is 1. The Balaban J connectivity index is 2.35. The minimum absolute atomic E-state index is 0.238. The first-order valence-electron chi connectivity index (χ1n) is 4.97. The molecule has 0 spiro atoms. The molecule has 0 aliphatic carbocycles. The largest absolute Gasteiger partial charge is 0.320 e. The molecule has 0 saturated heterocycles. The standard InChI is InChI=1S/C12H13FN2S/c1-12(2,14)11-15-10(7-16-11)8-3-5-9(13)6-4-8/h3-7H,14H2,1-2H3. The number of hydrogen-bond donors (Lipinski definition) is 1. The van der Waals surface area contributed by atoms with Gasteiger partial charge in [-0.3, -0.25) is 0 Å². The maximum atomic E-state index is 12.8. The highest BCUT2D eigenvalue weighted by molar-refractivity contribution is 7.10. The van der Waals surface area contributed by atoms with Crippen LogP contribution >= 0.6 is 11.3 Å². The van der Waals surface area contributed by atoms with Crippen molar-refractivity contribution >= 4 is 11.3 Å². The van der Waals surface area contributed by atoms with Crippen LogP contribution in [-0.2, 0) is 5.54 Å². The fourth-order valence-electron chi connectivity index (χ4n) is 1.32. The second-order valence-corrected chi connectivity index (χ2v) is 5.12. The zero-order chi connectivity index (χ0) is 11.8. The lowest BCUT2D eigenvalue weighted by Gasteiger charge is -2.13. The summed E-state index contributed by atoms with van der Waals surface area (Å²) >= 11 is 1.53. The molecule has 0 unspecified atom stereocenters. The van der Waals surface area contributed by atoms with E-state index in [1.807, 2.05) is 19.2 Å². The van der Waals surface area contributed by atoms with E-state index in [1.54, 1.807) is 12.1 Å². The van der Waals surface area contributed by atoms with Gasteiger partial charge in [0, 0.05) is 10.9 Å². The smallest absolute Gasteiger partial charge is 0.123 e. The Hall–Kier alpha value is -1.26. The van der Waals surface area contributed by atoms with Crippen LogP contribution in [0.4, 0.5) is 4.39 Å². The van der Waals surface area contributed by atoms with E-state index < -0.39 is 5.54 Å². The van der Waals surface area contributed by atoms with Crippen molar-refractivity contribution in [3.8, 4) is 11.3 Å². The summed E-state index contributed by atoms with van der Waals surface area (Å²) in [6.07, 6.45) is 0. The van der Waals surface area contributed by atoms with Gasteiger partial charge >= 0.3 is 0 Å². The van der Waals surface area contributed by atoms with Crippen molar-refractivity contribution in [2.24, 2.45) is 5.73 Å². The molecule has 4 heteroatoms. The first-order chi connectivity index (χ1) is 7.47. The molecule has 0 fully saturated rings. The minimum Gasteiger partial charge on any atom is -0.320 e. The fraction of sp³-hybridized carbons (Fsp3) is 0.250. The first kappa shape index (κ1) is 11.2. The van der Waals surface area contributed by atoms with Crippen molar-refractivity contribution in [3.05, 3.63) is 40.5 Å². The molecular formula is C12H13FN2S. The summed E-state index contributed by atoms with van der Waals surface area (Å²) in [5.74, 6) is -0.238. The third kappa shape index (κ3) is 2.28. The van der Waals surface area contributed by atoms with E-state index in [2.05, 4.69) is 4.98 Å². The molecule has 0 bridgehead atoms. The van der Waals surface area contributed by atoms with Crippen LogP contribution in [0.3, 0.4) is 0 Å². The molecule has 1 heterocycles. The highest BCUT2D eigenvalue weighted by atomic mass is 32.1. The molecule has 84 valence electrons. The number of halogens is 1. The maximum absolute atomic E-state index is 12.8. The Morgan fingerprint density at radius 3 is 2.38 bits per heavy atom. The monoisotopic (exact) mass is 236 g/mol. The lowest BCUT2D eigenvalue weighted by molar-refractivity contribution is 0.551. The van der Waals surface area contributed by atoms with E-state index in [0.29, 0.717) is 0 Å². The van der Waals surface area contributed by atoms with Crippen molar-refractivity contribution in [2.45, 2.75) is 19.4 Å². The van der Waals surface area contributed by atoms with E-state index in [4.69, 9.17) is 5.73 Å². The van der Waals surface area contributed by atoms with Gasteiger partial charge in [0.05, 0.1) is 11.2 Å². The van der Waals surface area contributed by atoms with Gasteiger partial charge in [0.1, 0.15) is 10.8 Å². The molecule has 16 heavy (non-hydrogen) atoms. The van der Waals surface area contributed by atoms with Crippen LogP contribution in [0.1, 0.15) is 18.9 Å². The number of benzene rings is 1. The van der Waals surface area contributed by atoms with Gasteiger partial charge in [-0.1, -0.05) is 0 Å². The summed E-state index contributed by atoms with van der Waals surface area (Å²) < 4.78 is 12.8. The molecule has 1 aromatic carbocycles. The molecule has 0 aliphatic rings. The number of nitrogens with two attached hydrogens (primary N) is 1. The predicted octanol–water partition coefficient (Wildman–Crippen LogP) is 3.14. The van der Waals surface area contributed by atoms with Gasteiger partial charge in [0.2, 0.25) is 0 Å². The van der Waals surface area contributed by atoms with Crippen molar-refractivity contribution in [3.63, 3.8) is 0 Å². The van der Waals surface area contributed by atoms with E-state index in [0.717, 1.165) is 16.3 Å². The number of hydrogen-bond acceptors (Lipinski definition) is 3. The fourth-order valence-corrected chi connectivity index (χ4v) is 2.19. The second kappa shape index (κ2) is 3.96. The van der Waals surface area contributed by atoms with Crippen LogP contribution < -0.4 is 5.73 Å². The van der Waals surface area contributed by atoms with Crippen LogP contribution in [0, 0.1) is 5.82 Å². The molecule has 0 saturated carbocycles. The molecule has 1 aromatic heterocycles. The lowest BCUT2D eigenvalue weighted by Crippen LogP contribution is -2.28. The van der Waals surface area contributed by atoms with Gasteiger partial charge in [0.25, 0.3) is 0 Å². The second-order valence-electron chi connectivity index (χ2n) is 4.27. The first-order valence-corrected chi connectivity index (χ1v) is 5.85. The molecule has 2 rings (SSSR count). The summed E-state index contributed by atoms with van der Waals surface area (Å²) in [5, 5.41) is 2.82. The maximum Gasteiger partial charge on any atom is 0.123 e. The SMILES string of the molecule is CC(C)(N)c1nc(-c2ccc(F)cc2)cs1. The van der Waals surface area contributed by atoms with Gasteiger partial charge in [-0.2, -0.15) is 0 Å². The van der Waals surface area contributed by atoms with Crippen molar-refractivity contribution in [1.82, 2.24) is 4.98 Å². The molecule has 0 radical (unpaired) electrons.